The molecule has 0 amide bonds. The van der Waals surface area contributed by atoms with E-state index in [1.807, 2.05) is 0 Å². The Balaban J connectivity index is 1.81. The first-order valence-electron chi connectivity index (χ1n) is 7.82. The van der Waals surface area contributed by atoms with Crippen molar-refractivity contribution in [3.8, 4) is 0 Å². The van der Waals surface area contributed by atoms with Crippen LogP contribution in [-0.4, -0.2) is 59.1 Å². The van der Waals surface area contributed by atoms with E-state index in [1.54, 1.807) is 0 Å². The van der Waals surface area contributed by atoms with Crippen LogP contribution in [0.15, 0.2) is 0 Å². The molecule has 2 atom stereocenters. The average Bonchev–Trinajstić information content (AvgIpc) is 2.89. The van der Waals surface area contributed by atoms with Crippen LogP contribution >= 0.6 is 0 Å². The van der Waals surface area contributed by atoms with E-state index in [0.29, 0.717) is 6.04 Å². The number of carboxylic acids is 1. The van der Waals surface area contributed by atoms with Crippen molar-refractivity contribution in [3.05, 3.63) is 0 Å². The number of rotatable bonds is 5. The van der Waals surface area contributed by atoms with Crippen LogP contribution in [0.25, 0.3) is 0 Å². The van der Waals surface area contributed by atoms with Crippen molar-refractivity contribution in [1.29, 1.82) is 0 Å². The fourth-order valence-corrected chi connectivity index (χ4v) is 3.49. The molecule has 0 aromatic heterocycles. The van der Waals surface area contributed by atoms with Gasteiger partial charge in [-0.1, -0.05) is 20.3 Å². The Kier molecular flexibility index (Phi) is 5.22. The Labute approximate surface area is 116 Å². The molecule has 0 aliphatic carbocycles. The lowest BCUT2D eigenvalue weighted by Gasteiger charge is -2.39. The second-order valence-corrected chi connectivity index (χ2v) is 6.28. The second kappa shape index (κ2) is 6.71. The summed E-state index contributed by atoms with van der Waals surface area (Å²) in [5.74, 6) is 0.148. The van der Waals surface area contributed by atoms with E-state index < -0.39 is 5.97 Å². The molecule has 4 nitrogen and oxygen atoms in total. The summed E-state index contributed by atoms with van der Waals surface area (Å²) in [6.45, 7) is 9.01. The summed E-state index contributed by atoms with van der Waals surface area (Å²) in [4.78, 5) is 16.1. The molecular formula is C15H28N2O2. The van der Waals surface area contributed by atoms with Gasteiger partial charge in [0, 0.05) is 12.6 Å². The molecule has 2 rings (SSSR count). The van der Waals surface area contributed by atoms with Gasteiger partial charge in [0.15, 0.2) is 0 Å². The number of hydrogen-bond donors (Lipinski definition) is 1. The molecule has 1 N–H and O–H groups in total. The number of carbonyl (C=O) groups is 1. The average molecular weight is 268 g/mol. The van der Waals surface area contributed by atoms with Gasteiger partial charge in [0.05, 0.1) is 0 Å². The summed E-state index contributed by atoms with van der Waals surface area (Å²) in [6.07, 6.45) is 5.40. The van der Waals surface area contributed by atoms with Gasteiger partial charge >= 0.3 is 5.97 Å². The molecule has 2 saturated heterocycles. The minimum Gasteiger partial charge on any atom is -0.480 e. The third kappa shape index (κ3) is 3.69. The van der Waals surface area contributed by atoms with Crippen molar-refractivity contribution >= 4 is 5.97 Å². The van der Waals surface area contributed by atoms with Crippen LogP contribution in [-0.2, 0) is 4.79 Å². The minimum absolute atomic E-state index is 0.217. The van der Waals surface area contributed by atoms with Crippen molar-refractivity contribution < 1.29 is 9.90 Å². The lowest BCUT2D eigenvalue weighted by atomic mass is 10.00. The minimum atomic E-state index is -0.625. The molecular weight excluding hydrogens is 240 g/mol. The van der Waals surface area contributed by atoms with Gasteiger partial charge in [-0.25, -0.2) is 0 Å². The van der Waals surface area contributed by atoms with Crippen molar-refractivity contribution in [2.24, 2.45) is 5.92 Å². The van der Waals surface area contributed by atoms with Gasteiger partial charge in [-0.15, -0.1) is 0 Å². The zero-order valence-corrected chi connectivity index (χ0v) is 12.3. The highest BCUT2D eigenvalue weighted by atomic mass is 16.4. The fourth-order valence-electron chi connectivity index (χ4n) is 3.49. The van der Waals surface area contributed by atoms with Gasteiger partial charge < -0.3 is 10.0 Å². The summed E-state index contributed by atoms with van der Waals surface area (Å²) in [7, 11) is 0. The largest absolute Gasteiger partial charge is 0.480 e. The predicted octanol–water partition coefficient (Wildman–Crippen LogP) is 2.05. The highest BCUT2D eigenvalue weighted by Crippen LogP contribution is 2.26. The van der Waals surface area contributed by atoms with Gasteiger partial charge in [0.25, 0.3) is 0 Å². The van der Waals surface area contributed by atoms with E-state index >= 15 is 0 Å². The second-order valence-electron chi connectivity index (χ2n) is 6.28. The number of aliphatic carboxylic acids is 1. The molecule has 0 bridgehead atoms. The lowest BCUT2D eigenvalue weighted by Crippen LogP contribution is -2.49. The Morgan fingerprint density at radius 2 is 1.95 bits per heavy atom. The fraction of sp³-hybridized carbons (Fsp3) is 0.933. The molecule has 19 heavy (non-hydrogen) atoms. The molecule has 0 spiro atoms. The van der Waals surface area contributed by atoms with Crippen LogP contribution < -0.4 is 0 Å². The van der Waals surface area contributed by atoms with E-state index in [4.69, 9.17) is 0 Å². The maximum atomic E-state index is 11.3. The van der Waals surface area contributed by atoms with Crippen molar-refractivity contribution in [2.45, 2.75) is 58.0 Å². The summed E-state index contributed by atoms with van der Waals surface area (Å²) in [5, 5.41) is 9.27. The van der Waals surface area contributed by atoms with Crippen molar-refractivity contribution in [1.82, 2.24) is 9.80 Å². The van der Waals surface area contributed by atoms with Crippen LogP contribution in [0, 0.1) is 5.92 Å². The summed E-state index contributed by atoms with van der Waals surface area (Å²) >= 11 is 0. The highest BCUT2D eigenvalue weighted by Gasteiger charge is 2.36. The van der Waals surface area contributed by atoms with Gasteiger partial charge in [0.2, 0.25) is 0 Å². The van der Waals surface area contributed by atoms with Crippen LogP contribution in [0.5, 0.6) is 0 Å². The maximum Gasteiger partial charge on any atom is 0.320 e. The Morgan fingerprint density at radius 3 is 2.53 bits per heavy atom. The van der Waals surface area contributed by atoms with Crippen molar-refractivity contribution in [3.63, 3.8) is 0 Å². The quantitative estimate of drug-likeness (QED) is 0.829. The molecule has 0 aromatic rings. The normalized spacial score (nSPS) is 28.6. The third-order valence-electron chi connectivity index (χ3n) is 4.87. The standard InChI is InChI=1S/C15H28N2O2/c1-3-12(2)11-16-9-6-13(7-10-16)17-8-4-5-14(17)15(18)19/h12-14H,3-11H2,1-2H3,(H,18,19). The topological polar surface area (TPSA) is 43.8 Å². The summed E-state index contributed by atoms with van der Waals surface area (Å²) in [6, 6.07) is 0.280. The Bertz CT molecular complexity index is 301. The Hall–Kier alpha value is -0.610. The lowest BCUT2D eigenvalue weighted by molar-refractivity contribution is -0.143. The van der Waals surface area contributed by atoms with Crippen LogP contribution in [0.2, 0.25) is 0 Å². The van der Waals surface area contributed by atoms with E-state index in [1.165, 1.54) is 13.0 Å². The molecule has 2 aliphatic rings. The molecule has 2 unspecified atom stereocenters. The van der Waals surface area contributed by atoms with Gasteiger partial charge in [-0.2, -0.15) is 0 Å². The molecule has 2 fully saturated rings. The maximum absolute atomic E-state index is 11.3. The zero-order chi connectivity index (χ0) is 13.8. The number of carboxylic acid groups (broad SMARTS) is 1. The van der Waals surface area contributed by atoms with Gasteiger partial charge in [-0.05, 0) is 51.2 Å². The highest BCUT2D eigenvalue weighted by molar-refractivity contribution is 5.73. The van der Waals surface area contributed by atoms with E-state index in [9.17, 15) is 9.90 Å². The molecule has 110 valence electrons. The first-order valence-corrected chi connectivity index (χ1v) is 7.82. The number of likely N-dealkylation sites (tertiary alicyclic amines) is 2. The monoisotopic (exact) mass is 268 g/mol. The van der Waals surface area contributed by atoms with E-state index in [-0.39, 0.29) is 6.04 Å². The zero-order valence-electron chi connectivity index (χ0n) is 12.3. The summed E-state index contributed by atoms with van der Waals surface area (Å²) in [5.41, 5.74) is 0. The number of hydrogen-bond acceptors (Lipinski definition) is 3. The number of nitrogens with zero attached hydrogens (tertiary/aromatic N) is 2. The number of piperidine rings is 1. The SMILES string of the molecule is CCC(C)CN1CCC(N2CCCC2C(=O)O)CC1. The first kappa shape index (κ1) is 14.8. The Morgan fingerprint density at radius 1 is 1.26 bits per heavy atom. The molecule has 0 radical (unpaired) electrons. The molecule has 4 heteroatoms. The molecule has 0 aromatic carbocycles. The smallest absolute Gasteiger partial charge is 0.320 e. The van der Waals surface area contributed by atoms with Crippen LogP contribution in [0.4, 0.5) is 0 Å². The third-order valence-corrected chi connectivity index (χ3v) is 4.87. The molecule has 0 saturated carbocycles. The first-order chi connectivity index (χ1) is 9.11. The predicted molar refractivity (Wildman–Crippen MR) is 76.3 cm³/mol. The molecule has 2 aliphatic heterocycles. The van der Waals surface area contributed by atoms with E-state index in [2.05, 4.69) is 23.6 Å². The van der Waals surface area contributed by atoms with E-state index in [0.717, 1.165) is 51.2 Å². The van der Waals surface area contributed by atoms with Crippen LogP contribution in [0.3, 0.4) is 0 Å². The van der Waals surface area contributed by atoms with Gasteiger partial charge in [-0.3, -0.25) is 9.69 Å². The van der Waals surface area contributed by atoms with Crippen LogP contribution in [0.1, 0.15) is 46.0 Å². The van der Waals surface area contributed by atoms with Crippen molar-refractivity contribution in [2.75, 3.05) is 26.2 Å². The molecule has 2 heterocycles. The summed E-state index contributed by atoms with van der Waals surface area (Å²) < 4.78 is 0. The van der Waals surface area contributed by atoms with Gasteiger partial charge in [0.1, 0.15) is 6.04 Å².